The first-order valence-electron chi connectivity index (χ1n) is 9.23. The lowest BCUT2D eigenvalue weighted by molar-refractivity contribution is -0.141. The fraction of sp³-hybridized carbons (Fsp3) is 0.400. The topological polar surface area (TPSA) is 92.4 Å². The summed E-state index contributed by atoms with van der Waals surface area (Å²) in [5.74, 6) is 0.134. The lowest BCUT2D eigenvalue weighted by atomic mass is 10.0. The van der Waals surface area contributed by atoms with E-state index in [0.29, 0.717) is 62.5 Å². The van der Waals surface area contributed by atoms with Crippen molar-refractivity contribution in [2.24, 2.45) is 5.92 Å². The smallest absolute Gasteiger partial charge is 0.309 e. The van der Waals surface area contributed by atoms with Crippen LogP contribution in [0.4, 0.5) is 0 Å². The summed E-state index contributed by atoms with van der Waals surface area (Å²) in [7, 11) is 0. The number of carbonyl (C=O) groups is 2. The molecule has 0 unspecified atom stereocenters. The Kier molecular flexibility index (Phi) is 4.75. The monoisotopic (exact) mass is 367 g/mol. The maximum absolute atomic E-state index is 12.6. The number of hydrogen-bond acceptors (Lipinski definition) is 5. The van der Waals surface area contributed by atoms with Crippen LogP contribution in [0.2, 0.25) is 0 Å². The Bertz CT molecular complexity index is 923. The number of H-pyrrole nitrogens is 1. The number of benzene rings is 1. The molecule has 1 saturated heterocycles. The number of amides is 1. The molecule has 2 aliphatic rings. The van der Waals surface area contributed by atoms with Crippen molar-refractivity contribution in [3.63, 3.8) is 0 Å². The van der Waals surface area contributed by atoms with Gasteiger partial charge in [0.15, 0.2) is 0 Å². The summed E-state index contributed by atoms with van der Waals surface area (Å²) < 4.78 is 4.95. The SMILES string of the molecule is O=C1OCC[C@H]1CCC(=O)N1CCc2c(nc(-c3ccccc3)[nH]c2=O)C1. The summed E-state index contributed by atoms with van der Waals surface area (Å²) in [5, 5.41) is 0. The van der Waals surface area contributed by atoms with E-state index in [2.05, 4.69) is 9.97 Å². The van der Waals surface area contributed by atoms with E-state index < -0.39 is 0 Å². The molecule has 1 atom stereocenters. The lowest BCUT2D eigenvalue weighted by Crippen LogP contribution is -2.39. The van der Waals surface area contributed by atoms with Gasteiger partial charge in [-0.1, -0.05) is 30.3 Å². The molecule has 0 radical (unpaired) electrons. The number of hydrogen-bond donors (Lipinski definition) is 1. The van der Waals surface area contributed by atoms with Crippen LogP contribution in [0.1, 0.15) is 30.5 Å². The third kappa shape index (κ3) is 3.63. The van der Waals surface area contributed by atoms with Gasteiger partial charge in [0.2, 0.25) is 5.91 Å². The van der Waals surface area contributed by atoms with Crippen LogP contribution in [0.3, 0.4) is 0 Å². The van der Waals surface area contributed by atoms with Crippen molar-refractivity contribution in [3.8, 4) is 11.4 Å². The second-order valence-electron chi connectivity index (χ2n) is 6.96. The number of esters is 1. The fourth-order valence-electron chi connectivity index (χ4n) is 3.64. The molecule has 1 amide bonds. The van der Waals surface area contributed by atoms with E-state index in [1.807, 2.05) is 30.3 Å². The Morgan fingerprint density at radius 2 is 2.07 bits per heavy atom. The van der Waals surface area contributed by atoms with Crippen LogP contribution < -0.4 is 5.56 Å². The Balaban J connectivity index is 1.48. The normalized spacial score (nSPS) is 18.9. The van der Waals surface area contributed by atoms with Gasteiger partial charge in [0.1, 0.15) is 5.82 Å². The van der Waals surface area contributed by atoms with Crippen molar-refractivity contribution in [2.75, 3.05) is 13.2 Å². The van der Waals surface area contributed by atoms with Gasteiger partial charge in [0, 0.05) is 24.1 Å². The largest absolute Gasteiger partial charge is 0.465 e. The average Bonchev–Trinajstić information content (AvgIpc) is 3.11. The van der Waals surface area contributed by atoms with Crippen LogP contribution in [0.25, 0.3) is 11.4 Å². The number of aromatic nitrogens is 2. The Morgan fingerprint density at radius 1 is 1.26 bits per heavy atom. The van der Waals surface area contributed by atoms with E-state index in [9.17, 15) is 14.4 Å². The van der Waals surface area contributed by atoms with Gasteiger partial charge >= 0.3 is 5.97 Å². The molecule has 1 fully saturated rings. The molecule has 0 spiro atoms. The fourth-order valence-corrected chi connectivity index (χ4v) is 3.64. The quantitative estimate of drug-likeness (QED) is 0.830. The number of rotatable bonds is 4. The molecule has 1 N–H and O–H groups in total. The zero-order valence-electron chi connectivity index (χ0n) is 14.9. The first-order valence-corrected chi connectivity index (χ1v) is 9.23. The molecular formula is C20H21N3O4. The number of ether oxygens (including phenoxy) is 1. The van der Waals surface area contributed by atoms with Crippen molar-refractivity contribution in [1.82, 2.24) is 14.9 Å². The molecule has 27 heavy (non-hydrogen) atoms. The van der Waals surface area contributed by atoms with Crippen molar-refractivity contribution < 1.29 is 14.3 Å². The van der Waals surface area contributed by atoms with Crippen LogP contribution >= 0.6 is 0 Å². The molecule has 7 heteroatoms. The van der Waals surface area contributed by atoms with Crippen molar-refractivity contribution in [3.05, 3.63) is 51.9 Å². The highest BCUT2D eigenvalue weighted by Crippen LogP contribution is 2.22. The van der Waals surface area contributed by atoms with Gasteiger partial charge in [-0.25, -0.2) is 4.98 Å². The van der Waals surface area contributed by atoms with E-state index >= 15 is 0 Å². The molecule has 0 bridgehead atoms. The Hall–Kier alpha value is -2.96. The first kappa shape index (κ1) is 17.5. The van der Waals surface area contributed by atoms with Crippen LogP contribution in [0, 0.1) is 5.92 Å². The molecule has 0 saturated carbocycles. The summed E-state index contributed by atoms with van der Waals surface area (Å²) >= 11 is 0. The minimum absolute atomic E-state index is 0.0105. The second kappa shape index (κ2) is 7.34. The van der Waals surface area contributed by atoms with Gasteiger partial charge in [-0.15, -0.1) is 0 Å². The molecular weight excluding hydrogens is 346 g/mol. The molecule has 1 aromatic heterocycles. The number of nitrogens with one attached hydrogen (secondary N) is 1. The van der Waals surface area contributed by atoms with Gasteiger partial charge in [-0.3, -0.25) is 14.4 Å². The van der Waals surface area contributed by atoms with Gasteiger partial charge in [-0.05, 0) is 19.3 Å². The summed E-state index contributed by atoms with van der Waals surface area (Å²) in [5.41, 5.74) is 2.00. The molecule has 140 valence electrons. The number of fused-ring (bicyclic) bond motifs is 1. The highest BCUT2D eigenvalue weighted by atomic mass is 16.5. The van der Waals surface area contributed by atoms with E-state index in [4.69, 9.17) is 4.74 Å². The molecule has 0 aliphatic carbocycles. The van der Waals surface area contributed by atoms with Crippen LogP contribution in [0.15, 0.2) is 35.1 Å². The first-order chi connectivity index (χ1) is 13.1. The van der Waals surface area contributed by atoms with E-state index in [0.717, 1.165) is 5.56 Å². The van der Waals surface area contributed by atoms with Gasteiger partial charge in [0.05, 0.1) is 24.8 Å². The molecule has 7 nitrogen and oxygen atoms in total. The van der Waals surface area contributed by atoms with Crippen molar-refractivity contribution in [1.29, 1.82) is 0 Å². The number of carbonyl (C=O) groups excluding carboxylic acids is 2. The number of nitrogens with zero attached hydrogens (tertiary/aromatic N) is 2. The summed E-state index contributed by atoms with van der Waals surface area (Å²) in [6.07, 6.45) is 2.00. The second-order valence-corrected chi connectivity index (χ2v) is 6.96. The Morgan fingerprint density at radius 3 is 2.81 bits per heavy atom. The highest BCUT2D eigenvalue weighted by Gasteiger charge is 2.29. The lowest BCUT2D eigenvalue weighted by Gasteiger charge is -2.28. The number of aromatic amines is 1. The van der Waals surface area contributed by atoms with Crippen molar-refractivity contribution >= 4 is 11.9 Å². The Labute approximate surface area is 156 Å². The predicted octanol–water partition coefficient (Wildman–Crippen LogP) is 1.66. The molecule has 2 aromatic rings. The van der Waals surface area contributed by atoms with Crippen molar-refractivity contribution in [2.45, 2.75) is 32.2 Å². The van der Waals surface area contributed by atoms with Gasteiger partial charge in [-0.2, -0.15) is 0 Å². The molecule has 4 rings (SSSR count). The zero-order chi connectivity index (χ0) is 18.8. The zero-order valence-corrected chi connectivity index (χ0v) is 14.9. The van der Waals surface area contributed by atoms with E-state index in [1.165, 1.54) is 0 Å². The maximum atomic E-state index is 12.6. The molecule has 3 heterocycles. The highest BCUT2D eigenvalue weighted by molar-refractivity contribution is 5.78. The van der Waals surface area contributed by atoms with E-state index in [1.54, 1.807) is 4.90 Å². The average molecular weight is 367 g/mol. The minimum Gasteiger partial charge on any atom is -0.465 e. The van der Waals surface area contributed by atoms with Gasteiger partial charge < -0.3 is 14.6 Å². The predicted molar refractivity (Wildman–Crippen MR) is 97.7 cm³/mol. The van der Waals surface area contributed by atoms with Crippen LogP contribution in [-0.2, 0) is 27.3 Å². The van der Waals surface area contributed by atoms with Crippen LogP contribution in [0.5, 0.6) is 0 Å². The molecule has 2 aliphatic heterocycles. The van der Waals surface area contributed by atoms with E-state index in [-0.39, 0.29) is 23.4 Å². The standard InChI is InChI=1S/C20H21N3O4/c24-17(7-6-14-9-11-27-20(14)26)23-10-8-15-16(12-23)21-18(22-19(15)25)13-4-2-1-3-5-13/h1-5,14H,6-12H2,(H,21,22,25)/t14-/m1/s1. The summed E-state index contributed by atoms with van der Waals surface area (Å²) in [6, 6.07) is 9.45. The third-order valence-corrected chi connectivity index (χ3v) is 5.22. The third-order valence-electron chi connectivity index (χ3n) is 5.22. The van der Waals surface area contributed by atoms with Gasteiger partial charge in [0.25, 0.3) is 5.56 Å². The summed E-state index contributed by atoms with van der Waals surface area (Å²) in [4.78, 5) is 45.7. The number of cyclic esters (lactones) is 1. The van der Waals surface area contributed by atoms with Crippen LogP contribution in [-0.4, -0.2) is 39.9 Å². The minimum atomic E-state index is -0.201. The summed E-state index contributed by atoms with van der Waals surface area (Å²) in [6.45, 7) is 1.27. The molecule has 1 aromatic carbocycles. The maximum Gasteiger partial charge on any atom is 0.309 e.